The molecule has 1 atom stereocenters. The Morgan fingerprint density at radius 3 is 2.33 bits per heavy atom. The van der Waals surface area contributed by atoms with Gasteiger partial charge in [0.25, 0.3) is 5.91 Å². The number of carbonyl (C=O) groups excluding carboxylic acids is 3. The summed E-state index contributed by atoms with van der Waals surface area (Å²) in [5.41, 5.74) is 1.31. The molecule has 1 aliphatic carbocycles. The Morgan fingerprint density at radius 2 is 1.67 bits per heavy atom. The van der Waals surface area contributed by atoms with Gasteiger partial charge in [0.05, 0.1) is 12.8 Å². The summed E-state index contributed by atoms with van der Waals surface area (Å²) >= 11 is 0. The van der Waals surface area contributed by atoms with Gasteiger partial charge in [0.2, 0.25) is 11.8 Å². The summed E-state index contributed by atoms with van der Waals surface area (Å²) < 4.78 is 18.6. The zero-order valence-corrected chi connectivity index (χ0v) is 20.0. The lowest BCUT2D eigenvalue weighted by molar-refractivity contribution is -0.141. The number of carbonyl (C=O) groups is 3. The predicted octanol–water partition coefficient (Wildman–Crippen LogP) is 4.37. The summed E-state index contributed by atoms with van der Waals surface area (Å²) in [6.07, 6.45) is 6.43. The van der Waals surface area contributed by atoms with Crippen molar-refractivity contribution in [2.45, 2.75) is 50.7 Å². The zero-order chi connectivity index (χ0) is 25.3. The molecule has 1 saturated carbocycles. The first-order valence-electron chi connectivity index (χ1n) is 12.2. The van der Waals surface area contributed by atoms with Gasteiger partial charge in [-0.3, -0.25) is 14.4 Å². The van der Waals surface area contributed by atoms with E-state index in [2.05, 4.69) is 10.6 Å². The molecule has 0 spiro atoms. The van der Waals surface area contributed by atoms with Crippen molar-refractivity contribution in [3.63, 3.8) is 0 Å². The standard InChI is InChI=1S/C28H30FN3O4/c29-22-15-13-20(14-16-22)19-32(25(33)18-30-27(34)24-12-7-17-36-24)26(21-8-3-1-4-9-21)28(35)31-23-10-5-2-6-11-23/h1,3-4,7-9,12-17,23,26H,2,5-6,10-11,18-19H2,(H,30,34)(H,31,35)/t26-/m0/s1. The molecule has 0 saturated heterocycles. The third-order valence-corrected chi connectivity index (χ3v) is 6.36. The number of benzene rings is 2. The van der Waals surface area contributed by atoms with Gasteiger partial charge in [0.1, 0.15) is 11.9 Å². The Hall–Kier alpha value is -3.94. The number of nitrogens with zero attached hydrogens (tertiary/aromatic N) is 1. The van der Waals surface area contributed by atoms with Crippen molar-refractivity contribution in [2.75, 3.05) is 6.54 Å². The molecule has 3 aromatic rings. The van der Waals surface area contributed by atoms with Crippen molar-refractivity contribution in [1.82, 2.24) is 15.5 Å². The molecule has 4 rings (SSSR count). The van der Waals surface area contributed by atoms with Gasteiger partial charge in [-0.25, -0.2) is 4.39 Å². The van der Waals surface area contributed by atoms with E-state index in [1.165, 1.54) is 29.4 Å². The first kappa shape index (κ1) is 25.2. The minimum atomic E-state index is -0.925. The molecule has 0 radical (unpaired) electrons. The van der Waals surface area contributed by atoms with Crippen molar-refractivity contribution in [1.29, 1.82) is 0 Å². The maximum atomic E-state index is 13.7. The van der Waals surface area contributed by atoms with Crippen molar-refractivity contribution in [2.24, 2.45) is 0 Å². The quantitative estimate of drug-likeness (QED) is 0.465. The maximum absolute atomic E-state index is 13.7. The Labute approximate surface area is 209 Å². The number of halogens is 1. The molecular weight excluding hydrogens is 461 g/mol. The van der Waals surface area contributed by atoms with Crippen LogP contribution in [0, 0.1) is 5.82 Å². The van der Waals surface area contributed by atoms with Gasteiger partial charge in [-0.05, 0) is 48.2 Å². The number of hydrogen-bond acceptors (Lipinski definition) is 4. The van der Waals surface area contributed by atoms with E-state index in [4.69, 9.17) is 4.42 Å². The Balaban J connectivity index is 1.61. The molecule has 1 fully saturated rings. The van der Waals surface area contributed by atoms with Crippen LogP contribution in [0.1, 0.15) is 59.8 Å². The number of nitrogens with one attached hydrogen (secondary N) is 2. The summed E-state index contributed by atoms with van der Waals surface area (Å²) in [7, 11) is 0. The fourth-order valence-corrected chi connectivity index (χ4v) is 4.50. The molecule has 1 heterocycles. The van der Waals surface area contributed by atoms with Crippen LogP contribution in [0.15, 0.2) is 77.4 Å². The summed E-state index contributed by atoms with van der Waals surface area (Å²) in [5.74, 6) is -1.56. The molecule has 3 amide bonds. The lowest BCUT2D eigenvalue weighted by atomic mass is 9.94. The molecule has 2 N–H and O–H groups in total. The van der Waals surface area contributed by atoms with Gasteiger partial charge in [-0.15, -0.1) is 0 Å². The molecule has 0 aliphatic heterocycles. The van der Waals surface area contributed by atoms with Crippen LogP contribution in [0.2, 0.25) is 0 Å². The molecule has 1 aliphatic rings. The SMILES string of the molecule is O=C(NCC(=O)N(Cc1ccc(F)cc1)[C@H](C(=O)NC1CCCCC1)c1ccccc1)c1ccco1. The van der Waals surface area contributed by atoms with Crippen LogP contribution in [0.3, 0.4) is 0 Å². The van der Waals surface area contributed by atoms with Gasteiger partial charge in [-0.1, -0.05) is 61.7 Å². The van der Waals surface area contributed by atoms with Gasteiger partial charge >= 0.3 is 0 Å². The van der Waals surface area contributed by atoms with Crippen LogP contribution >= 0.6 is 0 Å². The largest absolute Gasteiger partial charge is 0.459 e. The average molecular weight is 492 g/mol. The summed E-state index contributed by atoms with van der Waals surface area (Å²) in [6, 6.07) is 17.1. The van der Waals surface area contributed by atoms with E-state index < -0.39 is 23.7 Å². The van der Waals surface area contributed by atoms with Crippen LogP contribution in [0.4, 0.5) is 4.39 Å². The number of amides is 3. The highest BCUT2D eigenvalue weighted by Gasteiger charge is 2.33. The topological polar surface area (TPSA) is 91.7 Å². The average Bonchev–Trinajstić information content (AvgIpc) is 3.44. The number of hydrogen-bond donors (Lipinski definition) is 2. The highest BCUT2D eigenvalue weighted by Crippen LogP contribution is 2.26. The normalized spacial score (nSPS) is 14.6. The van der Waals surface area contributed by atoms with Crippen LogP contribution < -0.4 is 10.6 Å². The fourth-order valence-electron chi connectivity index (χ4n) is 4.50. The molecule has 8 heteroatoms. The van der Waals surface area contributed by atoms with Gasteiger partial charge in [-0.2, -0.15) is 0 Å². The minimum absolute atomic E-state index is 0.0545. The first-order valence-corrected chi connectivity index (χ1v) is 12.2. The van der Waals surface area contributed by atoms with Gasteiger partial charge < -0.3 is 20.0 Å². The maximum Gasteiger partial charge on any atom is 0.287 e. The molecular formula is C28H30FN3O4. The monoisotopic (exact) mass is 491 g/mol. The van der Waals surface area contributed by atoms with Gasteiger partial charge in [0.15, 0.2) is 5.76 Å². The molecule has 0 bridgehead atoms. The molecule has 2 aromatic carbocycles. The molecule has 0 unspecified atom stereocenters. The fraction of sp³-hybridized carbons (Fsp3) is 0.321. The second-order valence-corrected chi connectivity index (χ2v) is 8.96. The van der Waals surface area contributed by atoms with Crippen LogP contribution in [0.5, 0.6) is 0 Å². The van der Waals surface area contributed by atoms with E-state index >= 15 is 0 Å². The number of furan rings is 1. The van der Waals surface area contributed by atoms with Crippen LogP contribution in [-0.2, 0) is 16.1 Å². The smallest absolute Gasteiger partial charge is 0.287 e. The van der Waals surface area contributed by atoms with E-state index in [-0.39, 0.29) is 30.8 Å². The Kier molecular flexibility index (Phi) is 8.49. The van der Waals surface area contributed by atoms with Crippen molar-refractivity contribution in [3.8, 4) is 0 Å². The summed E-state index contributed by atoms with van der Waals surface area (Å²) in [4.78, 5) is 41.0. The lowest BCUT2D eigenvalue weighted by Gasteiger charge is -2.33. The van der Waals surface area contributed by atoms with E-state index in [1.54, 1.807) is 30.3 Å². The van der Waals surface area contributed by atoms with Crippen LogP contribution in [0.25, 0.3) is 0 Å². The van der Waals surface area contributed by atoms with Crippen molar-refractivity contribution < 1.29 is 23.2 Å². The third-order valence-electron chi connectivity index (χ3n) is 6.36. The summed E-state index contributed by atoms with van der Waals surface area (Å²) in [6.45, 7) is -0.270. The molecule has 1 aromatic heterocycles. The van der Waals surface area contributed by atoms with Gasteiger partial charge in [0, 0.05) is 12.6 Å². The van der Waals surface area contributed by atoms with Crippen molar-refractivity contribution >= 4 is 17.7 Å². The van der Waals surface area contributed by atoms with Crippen molar-refractivity contribution in [3.05, 3.63) is 95.7 Å². The van der Waals surface area contributed by atoms with E-state index in [9.17, 15) is 18.8 Å². The summed E-state index contributed by atoms with van der Waals surface area (Å²) in [5, 5.41) is 5.71. The second-order valence-electron chi connectivity index (χ2n) is 8.96. The highest BCUT2D eigenvalue weighted by atomic mass is 19.1. The zero-order valence-electron chi connectivity index (χ0n) is 20.0. The van der Waals surface area contributed by atoms with E-state index in [1.807, 2.05) is 18.2 Å². The molecule has 36 heavy (non-hydrogen) atoms. The second kappa shape index (κ2) is 12.2. The Morgan fingerprint density at radius 1 is 0.944 bits per heavy atom. The Bertz CT molecular complexity index is 1140. The highest BCUT2D eigenvalue weighted by molar-refractivity contribution is 5.95. The third kappa shape index (κ3) is 6.59. The molecule has 7 nitrogen and oxygen atoms in total. The first-order chi connectivity index (χ1) is 17.5. The predicted molar refractivity (Wildman–Crippen MR) is 132 cm³/mol. The number of rotatable bonds is 9. The van der Waals surface area contributed by atoms with Crippen LogP contribution in [-0.4, -0.2) is 35.2 Å². The molecule has 188 valence electrons. The minimum Gasteiger partial charge on any atom is -0.459 e. The lowest BCUT2D eigenvalue weighted by Crippen LogP contribution is -2.49. The van der Waals surface area contributed by atoms with E-state index in [0.717, 1.165) is 32.1 Å². The van der Waals surface area contributed by atoms with E-state index in [0.29, 0.717) is 11.1 Å².